The first-order valence-corrected chi connectivity index (χ1v) is 6.90. The SMILES string of the molecule is CCCNCc1csc(-c2ccccc2C)n1. The molecular formula is C14H18N2S. The van der Waals surface area contributed by atoms with Gasteiger partial charge in [0, 0.05) is 17.5 Å². The molecule has 2 rings (SSSR count). The molecule has 0 saturated heterocycles. The molecule has 0 unspecified atom stereocenters. The molecule has 1 heterocycles. The summed E-state index contributed by atoms with van der Waals surface area (Å²) in [5.74, 6) is 0. The van der Waals surface area contributed by atoms with Crippen LogP contribution in [0.15, 0.2) is 29.6 Å². The van der Waals surface area contributed by atoms with Crippen LogP contribution in [0, 0.1) is 6.92 Å². The maximum atomic E-state index is 4.67. The second-order valence-electron chi connectivity index (χ2n) is 4.14. The Morgan fingerprint density at radius 1 is 1.29 bits per heavy atom. The normalized spacial score (nSPS) is 10.7. The second kappa shape index (κ2) is 5.94. The molecule has 0 radical (unpaired) electrons. The number of hydrogen-bond donors (Lipinski definition) is 1. The van der Waals surface area contributed by atoms with Crippen LogP contribution in [0.1, 0.15) is 24.6 Å². The van der Waals surface area contributed by atoms with Gasteiger partial charge in [0.2, 0.25) is 0 Å². The highest BCUT2D eigenvalue weighted by molar-refractivity contribution is 7.13. The molecule has 0 fully saturated rings. The number of nitrogens with zero attached hydrogens (tertiary/aromatic N) is 1. The van der Waals surface area contributed by atoms with Gasteiger partial charge in [-0.05, 0) is 25.5 Å². The molecule has 0 bridgehead atoms. The molecule has 0 aliphatic rings. The van der Waals surface area contributed by atoms with Crippen LogP contribution < -0.4 is 5.32 Å². The Morgan fingerprint density at radius 2 is 2.12 bits per heavy atom. The van der Waals surface area contributed by atoms with Gasteiger partial charge in [-0.1, -0.05) is 31.2 Å². The molecular weight excluding hydrogens is 228 g/mol. The quantitative estimate of drug-likeness (QED) is 0.815. The Morgan fingerprint density at radius 3 is 2.88 bits per heavy atom. The molecule has 2 aromatic rings. The van der Waals surface area contributed by atoms with Gasteiger partial charge in [-0.15, -0.1) is 11.3 Å². The fourth-order valence-electron chi connectivity index (χ4n) is 1.72. The first kappa shape index (κ1) is 12.3. The smallest absolute Gasteiger partial charge is 0.123 e. The lowest BCUT2D eigenvalue weighted by Crippen LogP contribution is -2.13. The Labute approximate surface area is 107 Å². The van der Waals surface area contributed by atoms with Crippen molar-refractivity contribution in [2.75, 3.05) is 6.54 Å². The number of nitrogens with one attached hydrogen (secondary N) is 1. The van der Waals surface area contributed by atoms with Crippen molar-refractivity contribution in [1.82, 2.24) is 10.3 Å². The van der Waals surface area contributed by atoms with E-state index in [9.17, 15) is 0 Å². The average Bonchev–Trinajstić information content (AvgIpc) is 2.79. The van der Waals surface area contributed by atoms with Gasteiger partial charge >= 0.3 is 0 Å². The van der Waals surface area contributed by atoms with Crippen molar-refractivity contribution in [3.05, 3.63) is 40.9 Å². The van der Waals surface area contributed by atoms with Gasteiger partial charge in [0.25, 0.3) is 0 Å². The summed E-state index contributed by atoms with van der Waals surface area (Å²) in [6.45, 7) is 6.23. The molecule has 1 aromatic carbocycles. The van der Waals surface area contributed by atoms with Crippen LogP contribution in [0.5, 0.6) is 0 Å². The van der Waals surface area contributed by atoms with Gasteiger partial charge in [0.1, 0.15) is 5.01 Å². The zero-order valence-electron chi connectivity index (χ0n) is 10.4. The molecule has 0 saturated carbocycles. The van der Waals surface area contributed by atoms with E-state index in [0.29, 0.717) is 0 Å². The highest BCUT2D eigenvalue weighted by Gasteiger charge is 2.06. The molecule has 0 aliphatic carbocycles. The van der Waals surface area contributed by atoms with Gasteiger partial charge in [0.05, 0.1) is 5.69 Å². The van der Waals surface area contributed by atoms with E-state index in [-0.39, 0.29) is 0 Å². The molecule has 90 valence electrons. The molecule has 1 aromatic heterocycles. The summed E-state index contributed by atoms with van der Waals surface area (Å²) in [4.78, 5) is 4.67. The number of hydrogen-bond acceptors (Lipinski definition) is 3. The highest BCUT2D eigenvalue weighted by Crippen LogP contribution is 2.26. The minimum atomic E-state index is 0.871. The summed E-state index contributed by atoms with van der Waals surface area (Å²) in [5, 5.41) is 6.64. The standard InChI is InChI=1S/C14H18N2S/c1-3-8-15-9-12-10-17-14(16-12)13-7-5-4-6-11(13)2/h4-7,10,15H,3,8-9H2,1-2H3. The van der Waals surface area contributed by atoms with Crippen LogP contribution in [0.3, 0.4) is 0 Å². The predicted octanol–water partition coefficient (Wildman–Crippen LogP) is 3.62. The number of benzene rings is 1. The van der Waals surface area contributed by atoms with Crippen LogP contribution in [0.2, 0.25) is 0 Å². The van der Waals surface area contributed by atoms with E-state index in [2.05, 4.69) is 53.8 Å². The van der Waals surface area contributed by atoms with E-state index in [0.717, 1.165) is 30.2 Å². The largest absolute Gasteiger partial charge is 0.311 e. The second-order valence-corrected chi connectivity index (χ2v) is 4.99. The molecule has 0 amide bonds. The number of rotatable bonds is 5. The first-order chi connectivity index (χ1) is 8.31. The summed E-state index contributed by atoms with van der Waals surface area (Å²) in [5.41, 5.74) is 3.68. The summed E-state index contributed by atoms with van der Waals surface area (Å²) in [6.07, 6.45) is 1.16. The zero-order chi connectivity index (χ0) is 12.1. The molecule has 1 N–H and O–H groups in total. The summed E-state index contributed by atoms with van der Waals surface area (Å²) < 4.78 is 0. The van der Waals surface area contributed by atoms with Gasteiger partial charge < -0.3 is 5.32 Å². The highest BCUT2D eigenvalue weighted by atomic mass is 32.1. The topological polar surface area (TPSA) is 24.9 Å². The van der Waals surface area contributed by atoms with Crippen molar-refractivity contribution in [1.29, 1.82) is 0 Å². The number of aromatic nitrogens is 1. The van der Waals surface area contributed by atoms with Crippen molar-refractivity contribution in [3.8, 4) is 10.6 Å². The molecule has 3 heteroatoms. The Kier molecular flexibility index (Phi) is 4.29. The fourth-order valence-corrected chi connectivity index (χ4v) is 2.63. The van der Waals surface area contributed by atoms with Crippen molar-refractivity contribution in [2.24, 2.45) is 0 Å². The number of aryl methyl sites for hydroxylation is 1. The third-order valence-electron chi connectivity index (χ3n) is 2.66. The lowest BCUT2D eigenvalue weighted by Gasteiger charge is -2.01. The van der Waals surface area contributed by atoms with Crippen molar-refractivity contribution < 1.29 is 0 Å². The van der Waals surface area contributed by atoms with Crippen molar-refractivity contribution in [2.45, 2.75) is 26.8 Å². The van der Waals surface area contributed by atoms with E-state index in [1.807, 2.05) is 0 Å². The summed E-state index contributed by atoms with van der Waals surface area (Å²) >= 11 is 1.72. The van der Waals surface area contributed by atoms with Gasteiger partial charge in [-0.3, -0.25) is 0 Å². The van der Waals surface area contributed by atoms with Gasteiger partial charge in [0.15, 0.2) is 0 Å². The lowest BCUT2D eigenvalue weighted by molar-refractivity contribution is 0.667. The monoisotopic (exact) mass is 246 g/mol. The van der Waals surface area contributed by atoms with E-state index in [4.69, 9.17) is 0 Å². The Hall–Kier alpha value is -1.19. The van der Waals surface area contributed by atoms with Crippen LogP contribution in [-0.2, 0) is 6.54 Å². The minimum absolute atomic E-state index is 0.871. The van der Waals surface area contributed by atoms with E-state index < -0.39 is 0 Å². The molecule has 0 atom stereocenters. The van der Waals surface area contributed by atoms with E-state index in [1.165, 1.54) is 11.1 Å². The van der Waals surface area contributed by atoms with Crippen molar-refractivity contribution >= 4 is 11.3 Å². The van der Waals surface area contributed by atoms with Crippen LogP contribution in [0.25, 0.3) is 10.6 Å². The summed E-state index contributed by atoms with van der Waals surface area (Å²) in [6, 6.07) is 8.40. The van der Waals surface area contributed by atoms with Gasteiger partial charge in [-0.2, -0.15) is 0 Å². The van der Waals surface area contributed by atoms with Crippen LogP contribution in [0.4, 0.5) is 0 Å². The lowest BCUT2D eigenvalue weighted by atomic mass is 10.1. The van der Waals surface area contributed by atoms with Crippen molar-refractivity contribution in [3.63, 3.8) is 0 Å². The van der Waals surface area contributed by atoms with E-state index >= 15 is 0 Å². The maximum absolute atomic E-state index is 4.67. The van der Waals surface area contributed by atoms with Gasteiger partial charge in [-0.25, -0.2) is 4.98 Å². The third kappa shape index (κ3) is 3.14. The maximum Gasteiger partial charge on any atom is 0.123 e. The Balaban J connectivity index is 2.10. The van der Waals surface area contributed by atoms with E-state index in [1.54, 1.807) is 11.3 Å². The van der Waals surface area contributed by atoms with Crippen LogP contribution >= 0.6 is 11.3 Å². The molecule has 0 aliphatic heterocycles. The molecule has 2 nitrogen and oxygen atoms in total. The molecule has 0 spiro atoms. The summed E-state index contributed by atoms with van der Waals surface area (Å²) in [7, 11) is 0. The number of thiazole rings is 1. The Bertz CT molecular complexity index is 477. The third-order valence-corrected chi connectivity index (χ3v) is 3.58. The minimum Gasteiger partial charge on any atom is -0.311 e. The van der Waals surface area contributed by atoms with Crippen LogP contribution in [-0.4, -0.2) is 11.5 Å². The average molecular weight is 246 g/mol. The molecule has 17 heavy (non-hydrogen) atoms. The first-order valence-electron chi connectivity index (χ1n) is 6.02. The zero-order valence-corrected chi connectivity index (χ0v) is 11.2. The fraction of sp³-hybridized carbons (Fsp3) is 0.357. The predicted molar refractivity (Wildman–Crippen MR) is 74.3 cm³/mol.